The summed E-state index contributed by atoms with van der Waals surface area (Å²) in [5.41, 5.74) is 2.11. The highest BCUT2D eigenvalue weighted by Gasteiger charge is 2.25. The van der Waals surface area contributed by atoms with Crippen LogP contribution in [-0.4, -0.2) is 11.2 Å². The zero-order chi connectivity index (χ0) is 10.1. The van der Waals surface area contributed by atoms with E-state index in [4.69, 9.17) is 4.74 Å². The van der Waals surface area contributed by atoms with Gasteiger partial charge < -0.3 is 9.84 Å². The van der Waals surface area contributed by atoms with Gasteiger partial charge in [0.1, 0.15) is 11.9 Å². The second kappa shape index (κ2) is 3.62. The Balaban J connectivity index is 2.35. The third kappa shape index (κ3) is 1.62. The van der Waals surface area contributed by atoms with Gasteiger partial charge in [0, 0.05) is 12.0 Å². The normalized spacial score (nSPS) is 25.4. The van der Waals surface area contributed by atoms with Gasteiger partial charge >= 0.3 is 0 Å². The number of aliphatic hydroxyl groups is 1. The average Bonchev–Trinajstić information content (AvgIpc) is 2.19. The quantitative estimate of drug-likeness (QED) is 0.741. The van der Waals surface area contributed by atoms with Crippen LogP contribution in [0.3, 0.4) is 0 Å². The van der Waals surface area contributed by atoms with Crippen molar-refractivity contribution in [3.8, 4) is 5.75 Å². The van der Waals surface area contributed by atoms with E-state index in [1.165, 1.54) is 5.56 Å². The summed E-state index contributed by atoms with van der Waals surface area (Å²) in [5.74, 6) is 0.848. The monoisotopic (exact) mass is 192 g/mol. The molecule has 0 amide bonds. The van der Waals surface area contributed by atoms with Crippen LogP contribution in [0, 0.1) is 6.92 Å². The van der Waals surface area contributed by atoms with Crippen molar-refractivity contribution in [2.75, 3.05) is 0 Å². The van der Waals surface area contributed by atoms with Crippen molar-refractivity contribution in [1.82, 2.24) is 0 Å². The van der Waals surface area contributed by atoms with Crippen LogP contribution in [0.4, 0.5) is 0 Å². The Morgan fingerprint density at radius 1 is 1.50 bits per heavy atom. The molecular formula is C12H16O2. The maximum Gasteiger partial charge on any atom is 0.125 e. The average molecular weight is 192 g/mol. The van der Waals surface area contributed by atoms with Crippen molar-refractivity contribution >= 4 is 0 Å². The molecular weight excluding hydrogens is 176 g/mol. The molecule has 1 aliphatic heterocycles. The summed E-state index contributed by atoms with van der Waals surface area (Å²) in [6.45, 7) is 4.11. The zero-order valence-corrected chi connectivity index (χ0v) is 8.66. The van der Waals surface area contributed by atoms with E-state index in [0.29, 0.717) is 6.42 Å². The highest BCUT2D eigenvalue weighted by Crippen LogP contribution is 2.35. The van der Waals surface area contributed by atoms with Gasteiger partial charge in [0.2, 0.25) is 0 Å². The molecule has 0 aliphatic carbocycles. The van der Waals surface area contributed by atoms with Crippen LogP contribution in [0.25, 0.3) is 0 Å². The van der Waals surface area contributed by atoms with Crippen LogP contribution in [0.2, 0.25) is 0 Å². The van der Waals surface area contributed by atoms with Gasteiger partial charge in [-0.1, -0.05) is 18.6 Å². The van der Waals surface area contributed by atoms with Gasteiger partial charge in [-0.25, -0.2) is 0 Å². The van der Waals surface area contributed by atoms with Crippen LogP contribution < -0.4 is 4.74 Å². The topological polar surface area (TPSA) is 29.5 Å². The number of aliphatic hydroxyl groups excluding tert-OH is 1. The third-order valence-corrected chi connectivity index (χ3v) is 2.76. The maximum absolute atomic E-state index is 9.91. The predicted molar refractivity (Wildman–Crippen MR) is 55.5 cm³/mol. The Kier molecular flexibility index (Phi) is 2.46. The highest BCUT2D eigenvalue weighted by molar-refractivity contribution is 5.39. The number of hydrogen-bond acceptors (Lipinski definition) is 2. The van der Waals surface area contributed by atoms with Crippen molar-refractivity contribution in [3.05, 3.63) is 29.3 Å². The van der Waals surface area contributed by atoms with Gasteiger partial charge in [-0.15, -0.1) is 0 Å². The molecule has 1 N–H and O–H groups in total. The molecule has 1 heterocycles. The van der Waals surface area contributed by atoms with Gasteiger partial charge in [0.05, 0.1) is 6.10 Å². The number of hydrogen-bond donors (Lipinski definition) is 1. The molecule has 2 unspecified atom stereocenters. The lowest BCUT2D eigenvalue weighted by Crippen LogP contribution is -2.24. The molecule has 2 nitrogen and oxygen atoms in total. The van der Waals surface area contributed by atoms with E-state index in [2.05, 4.69) is 6.92 Å². The van der Waals surface area contributed by atoms with Crippen LogP contribution in [0.15, 0.2) is 18.2 Å². The summed E-state index contributed by atoms with van der Waals surface area (Å²) < 4.78 is 5.75. The first kappa shape index (κ1) is 9.53. The number of rotatable bonds is 1. The van der Waals surface area contributed by atoms with E-state index in [-0.39, 0.29) is 12.2 Å². The van der Waals surface area contributed by atoms with Gasteiger partial charge in [0.25, 0.3) is 0 Å². The predicted octanol–water partition coefficient (Wildman–Crippen LogP) is 2.59. The van der Waals surface area contributed by atoms with Crippen molar-refractivity contribution in [2.24, 2.45) is 0 Å². The van der Waals surface area contributed by atoms with E-state index < -0.39 is 0 Å². The molecule has 1 aromatic carbocycles. The molecule has 0 saturated carbocycles. The molecule has 0 bridgehead atoms. The largest absolute Gasteiger partial charge is 0.490 e. The Morgan fingerprint density at radius 3 is 3.00 bits per heavy atom. The second-order valence-corrected chi connectivity index (χ2v) is 3.94. The van der Waals surface area contributed by atoms with Crippen LogP contribution >= 0.6 is 0 Å². The lowest BCUT2D eigenvalue weighted by molar-refractivity contribution is 0.0642. The fourth-order valence-electron chi connectivity index (χ4n) is 1.89. The van der Waals surface area contributed by atoms with Crippen molar-refractivity contribution in [1.29, 1.82) is 0 Å². The minimum atomic E-state index is -0.358. The second-order valence-electron chi connectivity index (χ2n) is 3.94. The van der Waals surface area contributed by atoms with Crippen LogP contribution in [-0.2, 0) is 0 Å². The first-order chi connectivity index (χ1) is 6.70. The van der Waals surface area contributed by atoms with Gasteiger partial charge in [-0.2, -0.15) is 0 Å². The highest BCUT2D eigenvalue weighted by atomic mass is 16.5. The lowest BCUT2D eigenvalue weighted by atomic mass is 9.96. The summed E-state index contributed by atoms with van der Waals surface area (Å²) in [6.07, 6.45) is 1.47. The Morgan fingerprint density at radius 2 is 2.29 bits per heavy atom. The van der Waals surface area contributed by atoms with Crippen molar-refractivity contribution in [3.63, 3.8) is 0 Å². The van der Waals surface area contributed by atoms with Crippen molar-refractivity contribution < 1.29 is 9.84 Å². The number of benzene rings is 1. The lowest BCUT2D eigenvalue weighted by Gasteiger charge is -2.29. The summed E-state index contributed by atoms with van der Waals surface area (Å²) in [7, 11) is 0. The first-order valence-corrected chi connectivity index (χ1v) is 5.16. The third-order valence-electron chi connectivity index (χ3n) is 2.76. The fraction of sp³-hybridized carbons (Fsp3) is 0.500. The van der Waals surface area contributed by atoms with E-state index in [0.717, 1.165) is 17.7 Å². The Bertz CT molecular complexity index is 333. The van der Waals surface area contributed by atoms with E-state index in [1.807, 2.05) is 25.1 Å². The summed E-state index contributed by atoms with van der Waals surface area (Å²) in [5, 5.41) is 9.91. The molecule has 0 spiro atoms. The van der Waals surface area contributed by atoms with Gasteiger partial charge in [-0.3, -0.25) is 0 Å². The van der Waals surface area contributed by atoms with E-state index >= 15 is 0 Å². The van der Waals surface area contributed by atoms with Crippen molar-refractivity contribution in [2.45, 2.75) is 38.9 Å². The number of aryl methyl sites for hydroxylation is 1. The summed E-state index contributed by atoms with van der Waals surface area (Å²) in [4.78, 5) is 0. The van der Waals surface area contributed by atoms with E-state index in [9.17, 15) is 5.11 Å². The molecule has 1 aromatic rings. The molecule has 2 heteroatoms. The molecule has 76 valence electrons. The molecule has 14 heavy (non-hydrogen) atoms. The SMILES string of the molecule is CCC1CC(O)c2cc(C)ccc2O1. The van der Waals surface area contributed by atoms with Gasteiger partial charge in [0.15, 0.2) is 0 Å². The van der Waals surface area contributed by atoms with Crippen LogP contribution in [0.1, 0.15) is 37.0 Å². The van der Waals surface area contributed by atoms with Crippen LogP contribution in [0.5, 0.6) is 5.75 Å². The number of ether oxygens (including phenoxy) is 1. The first-order valence-electron chi connectivity index (χ1n) is 5.16. The standard InChI is InChI=1S/C12H16O2/c1-3-9-7-11(13)10-6-8(2)4-5-12(10)14-9/h4-6,9,11,13H,3,7H2,1-2H3. The molecule has 2 atom stereocenters. The Hall–Kier alpha value is -1.02. The molecule has 0 saturated heterocycles. The zero-order valence-electron chi connectivity index (χ0n) is 8.66. The smallest absolute Gasteiger partial charge is 0.125 e. The maximum atomic E-state index is 9.91. The molecule has 0 aromatic heterocycles. The molecule has 0 fully saturated rings. The molecule has 1 aliphatic rings. The number of fused-ring (bicyclic) bond motifs is 1. The fourth-order valence-corrected chi connectivity index (χ4v) is 1.89. The van der Waals surface area contributed by atoms with E-state index in [1.54, 1.807) is 0 Å². The molecule has 2 rings (SSSR count). The minimum absolute atomic E-state index is 0.167. The van der Waals surface area contributed by atoms with Gasteiger partial charge in [-0.05, 0) is 25.5 Å². The summed E-state index contributed by atoms with van der Waals surface area (Å²) in [6, 6.07) is 5.98. The molecule has 0 radical (unpaired) electrons. The minimum Gasteiger partial charge on any atom is -0.490 e. The summed E-state index contributed by atoms with van der Waals surface area (Å²) >= 11 is 0. The Labute approximate surface area is 84.5 Å².